The van der Waals surface area contributed by atoms with Crippen molar-refractivity contribution < 1.29 is 9.90 Å². The molecule has 0 heterocycles. The fourth-order valence-corrected chi connectivity index (χ4v) is 7.96. The molecular formula is C23H36O2. The Hall–Kier alpha value is -0.630. The Morgan fingerprint density at radius 1 is 1.16 bits per heavy atom. The number of fused-ring (bicyclic) bond motifs is 5. The predicted molar refractivity (Wildman–Crippen MR) is 101 cm³/mol. The highest BCUT2D eigenvalue weighted by Crippen LogP contribution is 2.67. The van der Waals surface area contributed by atoms with Crippen molar-refractivity contribution in [3.8, 4) is 0 Å². The van der Waals surface area contributed by atoms with E-state index in [1.807, 2.05) is 0 Å². The minimum atomic E-state index is 0.176. The summed E-state index contributed by atoms with van der Waals surface area (Å²) in [4.78, 5) is 11.3. The fraction of sp³-hybridized carbons (Fsp3) is 0.870. The van der Waals surface area contributed by atoms with Crippen LogP contribution < -0.4 is 0 Å². The van der Waals surface area contributed by atoms with Crippen LogP contribution in [0.3, 0.4) is 0 Å². The van der Waals surface area contributed by atoms with Crippen molar-refractivity contribution in [2.24, 2.45) is 46.3 Å². The van der Waals surface area contributed by atoms with Gasteiger partial charge in [0.2, 0.25) is 0 Å². The smallest absolute Gasteiger partial charge is 0.126 e. The van der Waals surface area contributed by atoms with Crippen LogP contribution in [-0.2, 0) is 4.79 Å². The van der Waals surface area contributed by atoms with E-state index < -0.39 is 0 Å². The van der Waals surface area contributed by atoms with E-state index in [1.165, 1.54) is 44.9 Å². The second-order valence-corrected chi connectivity index (χ2v) is 10.3. The molecule has 3 fully saturated rings. The highest BCUT2D eigenvalue weighted by molar-refractivity contribution is 5.58. The van der Waals surface area contributed by atoms with Crippen LogP contribution in [0.15, 0.2) is 11.6 Å². The molecule has 2 heteroatoms. The third-order valence-electron chi connectivity index (χ3n) is 9.37. The molecule has 4 aliphatic carbocycles. The molecule has 0 aliphatic heterocycles. The lowest BCUT2D eigenvalue weighted by Crippen LogP contribution is -2.51. The molecule has 140 valence electrons. The molecule has 0 radical (unpaired) electrons. The van der Waals surface area contributed by atoms with Gasteiger partial charge in [0.05, 0.1) is 0 Å². The third-order valence-corrected chi connectivity index (χ3v) is 9.37. The molecule has 0 saturated heterocycles. The lowest BCUT2D eigenvalue weighted by Gasteiger charge is -2.59. The average molecular weight is 345 g/mol. The number of rotatable bonds is 3. The first-order valence-corrected chi connectivity index (χ1v) is 10.7. The predicted octanol–water partition coefficient (Wildman–Crippen LogP) is 5.01. The summed E-state index contributed by atoms with van der Waals surface area (Å²) in [6.07, 6.45) is 13.7. The topological polar surface area (TPSA) is 37.3 Å². The third kappa shape index (κ3) is 2.50. The molecule has 4 rings (SSSR count). The van der Waals surface area contributed by atoms with Gasteiger partial charge >= 0.3 is 0 Å². The van der Waals surface area contributed by atoms with E-state index in [1.54, 1.807) is 5.57 Å². The summed E-state index contributed by atoms with van der Waals surface area (Å²) in [5.41, 5.74) is 2.41. The van der Waals surface area contributed by atoms with Gasteiger partial charge in [0.15, 0.2) is 0 Å². The van der Waals surface area contributed by atoms with Crippen molar-refractivity contribution in [3.05, 3.63) is 11.6 Å². The van der Waals surface area contributed by atoms with Crippen LogP contribution >= 0.6 is 0 Å². The highest BCUT2D eigenvalue weighted by atomic mass is 16.3. The van der Waals surface area contributed by atoms with Gasteiger partial charge in [-0.25, -0.2) is 0 Å². The van der Waals surface area contributed by atoms with Crippen LogP contribution in [0.5, 0.6) is 0 Å². The molecule has 0 spiro atoms. The van der Waals surface area contributed by atoms with Gasteiger partial charge < -0.3 is 9.90 Å². The monoisotopic (exact) mass is 344 g/mol. The molecule has 3 saturated carbocycles. The highest BCUT2D eigenvalue weighted by Gasteiger charge is 2.59. The number of allylic oxidation sites excluding steroid dienone is 2. The maximum atomic E-state index is 11.3. The minimum Gasteiger partial charge on any atom is -0.396 e. The van der Waals surface area contributed by atoms with Gasteiger partial charge in [-0.2, -0.15) is 0 Å². The lowest BCUT2D eigenvalue weighted by atomic mass is 9.46. The first-order valence-electron chi connectivity index (χ1n) is 10.7. The molecule has 0 aromatic rings. The summed E-state index contributed by atoms with van der Waals surface area (Å²) >= 11 is 0. The molecule has 2 unspecified atom stereocenters. The average Bonchev–Trinajstić information content (AvgIpc) is 2.97. The molecule has 1 N–H and O–H groups in total. The second kappa shape index (κ2) is 6.22. The SMILES string of the molecule is CC(CO)[C@H]1CC[C@H]2[C@@H]3CCC4=CC(C=O)CC[C@]4(C)[C@H]3CC[C@]12C. The Kier molecular flexibility index (Phi) is 4.42. The van der Waals surface area contributed by atoms with Gasteiger partial charge in [0.1, 0.15) is 6.29 Å². The molecule has 0 bridgehead atoms. The number of carbonyl (C=O) groups is 1. The first-order chi connectivity index (χ1) is 11.9. The van der Waals surface area contributed by atoms with Gasteiger partial charge in [0, 0.05) is 12.5 Å². The van der Waals surface area contributed by atoms with Crippen molar-refractivity contribution in [3.63, 3.8) is 0 Å². The second-order valence-electron chi connectivity index (χ2n) is 10.3. The molecule has 0 aromatic carbocycles. The summed E-state index contributed by atoms with van der Waals surface area (Å²) < 4.78 is 0. The van der Waals surface area contributed by atoms with Gasteiger partial charge in [-0.05, 0) is 91.8 Å². The van der Waals surface area contributed by atoms with Gasteiger partial charge in [-0.3, -0.25) is 0 Å². The van der Waals surface area contributed by atoms with Crippen LogP contribution in [0.25, 0.3) is 0 Å². The number of hydrogen-bond acceptors (Lipinski definition) is 2. The van der Waals surface area contributed by atoms with Crippen LogP contribution in [0.1, 0.15) is 72.1 Å². The zero-order valence-corrected chi connectivity index (χ0v) is 16.3. The Bertz CT molecular complexity index is 566. The zero-order chi connectivity index (χ0) is 17.8. The Morgan fingerprint density at radius 3 is 2.68 bits per heavy atom. The van der Waals surface area contributed by atoms with Crippen molar-refractivity contribution in [1.29, 1.82) is 0 Å². The number of aldehydes is 1. The first kappa shape index (κ1) is 17.8. The van der Waals surface area contributed by atoms with Gasteiger partial charge in [-0.1, -0.05) is 32.4 Å². The van der Waals surface area contributed by atoms with Crippen LogP contribution in [0.4, 0.5) is 0 Å². The van der Waals surface area contributed by atoms with Crippen molar-refractivity contribution in [2.75, 3.05) is 6.61 Å². The van der Waals surface area contributed by atoms with Crippen molar-refractivity contribution in [2.45, 2.75) is 72.1 Å². The van der Waals surface area contributed by atoms with Crippen molar-refractivity contribution >= 4 is 6.29 Å². The summed E-state index contributed by atoms with van der Waals surface area (Å²) in [6.45, 7) is 7.67. The summed E-state index contributed by atoms with van der Waals surface area (Å²) in [5, 5.41) is 9.74. The molecule has 8 atom stereocenters. The Balaban J connectivity index is 1.61. The van der Waals surface area contributed by atoms with Crippen LogP contribution in [0, 0.1) is 46.3 Å². The zero-order valence-electron chi connectivity index (χ0n) is 16.3. The normalized spacial score (nSPS) is 50.2. The van der Waals surface area contributed by atoms with Crippen LogP contribution in [0.2, 0.25) is 0 Å². The lowest BCUT2D eigenvalue weighted by molar-refractivity contribution is -0.111. The molecule has 4 aliphatic rings. The van der Waals surface area contributed by atoms with Crippen molar-refractivity contribution in [1.82, 2.24) is 0 Å². The van der Waals surface area contributed by atoms with E-state index in [0.29, 0.717) is 29.3 Å². The van der Waals surface area contributed by atoms with E-state index >= 15 is 0 Å². The standard InChI is InChI=1S/C23H36O2/c1-15(13-24)19-6-7-20-18-5-4-17-12-16(14-25)8-10-22(17,2)21(18)9-11-23(19,20)3/h12,14-16,18-21,24H,4-11,13H2,1-3H3/t15?,16?,18-,19+,20-,21-,22-,23+/m0/s1. The van der Waals surface area contributed by atoms with E-state index in [9.17, 15) is 9.90 Å². The number of hydrogen-bond donors (Lipinski definition) is 1. The minimum absolute atomic E-state index is 0.176. The van der Waals surface area contributed by atoms with Gasteiger partial charge in [-0.15, -0.1) is 0 Å². The molecule has 0 aromatic heterocycles. The summed E-state index contributed by atoms with van der Waals surface area (Å²) in [7, 11) is 0. The maximum Gasteiger partial charge on any atom is 0.126 e. The molecular weight excluding hydrogens is 308 g/mol. The number of carbonyl (C=O) groups excluding carboxylic acids is 1. The fourth-order valence-electron chi connectivity index (χ4n) is 7.96. The quantitative estimate of drug-likeness (QED) is 0.577. The molecule has 25 heavy (non-hydrogen) atoms. The van der Waals surface area contributed by atoms with Gasteiger partial charge in [0.25, 0.3) is 0 Å². The maximum absolute atomic E-state index is 11.3. The largest absolute Gasteiger partial charge is 0.396 e. The van der Waals surface area contributed by atoms with E-state index in [4.69, 9.17) is 0 Å². The summed E-state index contributed by atoms with van der Waals surface area (Å²) in [5.74, 6) is 3.87. The number of aliphatic hydroxyl groups is 1. The Labute approximate surface area is 153 Å². The molecule has 2 nitrogen and oxygen atoms in total. The Morgan fingerprint density at radius 2 is 1.96 bits per heavy atom. The van der Waals surface area contributed by atoms with Crippen LogP contribution in [-0.4, -0.2) is 18.0 Å². The van der Waals surface area contributed by atoms with E-state index in [-0.39, 0.29) is 5.92 Å². The molecule has 0 amide bonds. The number of aliphatic hydroxyl groups excluding tert-OH is 1. The summed E-state index contributed by atoms with van der Waals surface area (Å²) in [6, 6.07) is 0. The van der Waals surface area contributed by atoms with E-state index in [0.717, 1.165) is 30.5 Å². The van der Waals surface area contributed by atoms with E-state index in [2.05, 4.69) is 26.8 Å².